The van der Waals surface area contributed by atoms with Crippen molar-refractivity contribution in [1.29, 1.82) is 0 Å². The lowest BCUT2D eigenvalue weighted by Gasteiger charge is -2.35. The summed E-state index contributed by atoms with van der Waals surface area (Å²) in [6, 6.07) is 13.1. The van der Waals surface area contributed by atoms with Crippen LogP contribution in [0.25, 0.3) is 0 Å². The van der Waals surface area contributed by atoms with Crippen molar-refractivity contribution < 1.29 is 14.3 Å². The molecule has 0 aliphatic carbocycles. The zero-order chi connectivity index (χ0) is 19.9. The summed E-state index contributed by atoms with van der Waals surface area (Å²) in [4.78, 5) is 14.6. The second-order valence-electron chi connectivity index (χ2n) is 6.72. The summed E-state index contributed by atoms with van der Waals surface area (Å²) in [6.07, 6.45) is 0. The van der Waals surface area contributed by atoms with E-state index in [1.807, 2.05) is 37.3 Å². The summed E-state index contributed by atoms with van der Waals surface area (Å²) >= 11 is 12.0. The molecule has 0 aromatic heterocycles. The first kappa shape index (κ1) is 20.9. The summed E-state index contributed by atoms with van der Waals surface area (Å²) in [7, 11) is 0. The Morgan fingerprint density at radius 2 is 1.89 bits per heavy atom. The van der Waals surface area contributed by atoms with Gasteiger partial charge in [0.1, 0.15) is 5.75 Å². The van der Waals surface area contributed by atoms with Gasteiger partial charge in [-0.3, -0.25) is 9.69 Å². The lowest BCUT2D eigenvalue weighted by Crippen LogP contribution is -2.44. The van der Waals surface area contributed by atoms with E-state index in [1.54, 1.807) is 12.1 Å². The third-order valence-corrected chi connectivity index (χ3v) is 5.41. The fraction of sp³-hybridized carbons (Fsp3) is 0.381. The van der Waals surface area contributed by atoms with Gasteiger partial charge in [-0.15, -0.1) is 0 Å². The first-order valence-corrected chi connectivity index (χ1v) is 10.0. The number of hydrogen-bond acceptors (Lipinski definition) is 4. The van der Waals surface area contributed by atoms with Gasteiger partial charge in [0.15, 0.2) is 6.61 Å². The lowest BCUT2D eigenvalue weighted by molar-refractivity contribution is -0.123. The van der Waals surface area contributed by atoms with Crippen LogP contribution in [0.3, 0.4) is 0 Å². The van der Waals surface area contributed by atoms with Crippen LogP contribution in [0.4, 0.5) is 0 Å². The molecule has 7 heteroatoms. The van der Waals surface area contributed by atoms with Gasteiger partial charge in [0, 0.05) is 29.7 Å². The fourth-order valence-corrected chi connectivity index (χ4v) is 3.39. The number of carbonyl (C=O) groups excluding carboxylic acids is 1. The molecule has 1 N–H and O–H groups in total. The molecule has 1 aliphatic rings. The largest absolute Gasteiger partial charge is 0.484 e. The van der Waals surface area contributed by atoms with Crippen LogP contribution in [-0.4, -0.2) is 50.3 Å². The SMILES string of the molecule is Cc1cc(OCC(=O)NC[C@@H](c2ccc(Cl)cc2)N2CCOCC2)ccc1Cl. The van der Waals surface area contributed by atoms with Crippen molar-refractivity contribution in [2.45, 2.75) is 13.0 Å². The molecule has 1 aliphatic heterocycles. The maximum atomic E-state index is 12.3. The standard InChI is InChI=1S/C21H24Cl2N2O3/c1-15-12-18(6-7-19(15)23)28-14-21(26)24-13-20(25-8-10-27-11-9-25)16-2-4-17(22)5-3-16/h2-7,12,20H,8-11,13-14H2,1H3,(H,24,26)/t20-/m0/s1. The number of carbonyl (C=O) groups is 1. The van der Waals surface area contributed by atoms with E-state index >= 15 is 0 Å². The maximum Gasteiger partial charge on any atom is 0.258 e. The van der Waals surface area contributed by atoms with Crippen molar-refractivity contribution in [2.24, 2.45) is 0 Å². The minimum atomic E-state index is -0.167. The van der Waals surface area contributed by atoms with E-state index in [0.717, 1.165) is 24.2 Å². The number of nitrogens with one attached hydrogen (secondary N) is 1. The highest BCUT2D eigenvalue weighted by atomic mass is 35.5. The number of hydrogen-bond donors (Lipinski definition) is 1. The van der Waals surface area contributed by atoms with Gasteiger partial charge in [-0.1, -0.05) is 35.3 Å². The topological polar surface area (TPSA) is 50.8 Å². The molecule has 28 heavy (non-hydrogen) atoms. The Kier molecular flexibility index (Phi) is 7.57. The van der Waals surface area contributed by atoms with Gasteiger partial charge in [-0.05, 0) is 48.4 Å². The van der Waals surface area contributed by atoms with Crippen molar-refractivity contribution in [1.82, 2.24) is 10.2 Å². The van der Waals surface area contributed by atoms with Crippen LogP contribution >= 0.6 is 23.2 Å². The fourth-order valence-electron chi connectivity index (χ4n) is 3.15. The number of nitrogens with zero attached hydrogens (tertiary/aromatic N) is 1. The van der Waals surface area contributed by atoms with Gasteiger partial charge in [0.25, 0.3) is 5.91 Å². The van der Waals surface area contributed by atoms with Gasteiger partial charge >= 0.3 is 0 Å². The molecule has 0 bridgehead atoms. The third-order valence-electron chi connectivity index (χ3n) is 4.73. The molecule has 1 heterocycles. The van der Waals surface area contributed by atoms with Crippen LogP contribution in [0, 0.1) is 6.92 Å². The highest BCUT2D eigenvalue weighted by Gasteiger charge is 2.23. The number of halogens is 2. The second kappa shape index (κ2) is 10.1. The van der Waals surface area contributed by atoms with Crippen molar-refractivity contribution in [3.05, 3.63) is 63.6 Å². The first-order chi connectivity index (χ1) is 13.5. The van der Waals surface area contributed by atoms with E-state index in [1.165, 1.54) is 0 Å². The molecule has 2 aromatic rings. The Hall–Kier alpha value is -1.79. The zero-order valence-electron chi connectivity index (χ0n) is 15.8. The molecule has 1 amide bonds. The summed E-state index contributed by atoms with van der Waals surface area (Å²) < 4.78 is 11.0. The minimum Gasteiger partial charge on any atom is -0.484 e. The average Bonchev–Trinajstić information content (AvgIpc) is 2.71. The number of amides is 1. The number of morpholine rings is 1. The predicted molar refractivity (Wildman–Crippen MR) is 111 cm³/mol. The normalized spacial score (nSPS) is 15.8. The highest BCUT2D eigenvalue weighted by molar-refractivity contribution is 6.31. The molecular weight excluding hydrogens is 399 g/mol. The number of rotatable bonds is 7. The van der Waals surface area contributed by atoms with Crippen LogP contribution in [0.2, 0.25) is 10.0 Å². The Morgan fingerprint density at radius 3 is 2.57 bits per heavy atom. The average molecular weight is 423 g/mol. The van der Waals surface area contributed by atoms with Gasteiger partial charge in [-0.2, -0.15) is 0 Å². The molecule has 0 spiro atoms. The summed E-state index contributed by atoms with van der Waals surface area (Å²) in [6.45, 7) is 5.37. The molecular formula is C21H24Cl2N2O3. The van der Waals surface area contributed by atoms with E-state index in [2.05, 4.69) is 10.2 Å². The van der Waals surface area contributed by atoms with Crippen LogP contribution < -0.4 is 10.1 Å². The highest BCUT2D eigenvalue weighted by Crippen LogP contribution is 2.23. The van der Waals surface area contributed by atoms with E-state index in [9.17, 15) is 4.79 Å². The summed E-state index contributed by atoms with van der Waals surface area (Å²) in [5.74, 6) is 0.458. The Balaban J connectivity index is 1.58. The minimum absolute atomic E-state index is 0.0441. The maximum absolute atomic E-state index is 12.3. The molecule has 1 atom stereocenters. The number of aryl methyl sites for hydroxylation is 1. The number of ether oxygens (including phenoxy) is 2. The van der Waals surface area contributed by atoms with Crippen LogP contribution in [0.1, 0.15) is 17.2 Å². The predicted octanol–water partition coefficient (Wildman–Crippen LogP) is 3.87. The zero-order valence-corrected chi connectivity index (χ0v) is 17.3. The van der Waals surface area contributed by atoms with Gasteiger partial charge in [0.05, 0.1) is 19.3 Å². The van der Waals surface area contributed by atoms with Gasteiger partial charge in [-0.25, -0.2) is 0 Å². The lowest BCUT2D eigenvalue weighted by atomic mass is 10.0. The molecule has 5 nitrogen and oxygen atoms in total. The van der Waals surface area contributed by atoms with Crippen molar-refractivity contribution in [3.8, 4) is 5.75 Å². The molecule has 0 unspecified atom stereocenters. The molecule has 1 fully saturated rings. The molecule has 0 radical (unpaired) electrons. The number of benzene rings is 2. The summed E-state index contributed by atoms with van der Waals surface area (Å²) in [5, 5.41) is 4.35. The quantitative estimate of drug-likeness (QED) is 0.735. The molecule has 150 valence electrons. The van der Waals surface area contributed by atoms with E-state index in [-0.39, 0.29) is 18.6 Å². The van der Waals surface area contributed by atoms with E-state index in [0.29, 0.717) is 35.6 Å². The molecule has 1 saturated heterocycles. The first-order valence-electron chi connectivity index (χ1n) is 9.26. The van der Waals surface area contributed by atoms with Crippen molar-refractivity contribution >= 4 is 29.1 Å². The van der Waals surface area contributed by atoms with Crippen LogP contribution in [0.5, 0.6) is 5.75 Å². The monoisotopic (exact) mass is 422 g/mol. The molecule has 2 aromatic carbocycles. The Morgan fingerprint density at radius 1 is 1.18 bits per heavy atom. The Labute approximate surface area is 175 Å². The van der Waals surface area contributed by atoms with E-state index in [4.69, 9.17) is 32.7 Å². The van der Waals surface area contributed by atoms with Crippen molar-refractivity contribution in [3.63, 3.8) is 0 Å². The van der Waals surface area contributed by atoms with E-state index < -0.39 is 0 Å². The van der Waals surface area contributed by atoms with Crippen LogP contribution in [0.15, 0.2) is 42.5 Å². The van der Waals surface area contributed by atoms with Crippen molar-refractivity contribution in [2.75, 3.05) is 39.5 Å². The van der Waals surface area contributed by atoms with Gasteiger partial charge < -0.3 is 14.8 Å². The molecule has 0 saturated carbocycles. The molecule has 3 rings (SSSR count). The second-order valence-corrected chi connectivity index (χ2v) is 7.56. The third kappa shape index (κ3) is 5.85. The van der Waals surface area contributed by atoms with Crippen LogP contribution in [-0.2, 0) is 9.53 Å². The Bertz CT molecular complexity index is 793. The van der Waals surface area contributed by atoms with Gasteiger partial charge in [0.2, 0.25) is 0 Å². The summed E-state index contributed by atoms with van der Waals surface area (Å²) in [5.41, 5.74) is 2.02. The smallest absolute Gasteiger partial charge is 0.258 e.